The fourth-order valence-corrected chi connectivity index (χ4v) is 3.65. The van der Waals surface area contributed by atoms with Crippen LogP contribution in [0.4, 0.5) is 26.1 Å². The normalized spacial score (nSPS) is 16.7. The van der Waals surface area contributed by atoms with E-state index >= 15 is 0 Å². The van der Waals surface area contributed by atoms with Gasteiger partial charge in [0.2, 0.25) is 11.9 Å². The van der Waals surface area contributed by atoms with Crippen molar-refractivity contribution in [3.8, 4) is 11.1 Å². The standard InChI is InChI=1S/C20H22F2N8O/c1-29-11-13(3-5-19(29)31)26-20-25-9-17-14(6-7-30(17)28-20)12-2-4-15(27-23)16(8-12)24-10-18(21)22/h2,4,6-9,13,18,23-24H,3,5,10-11H2,1H3,(H,26,28). The van der Waals surface area contributed by atoms with Crippen molar-refractivity contribution in [2.24, 2.45) is 5.11 Å². The molecule has 1 saturated heterocycles. The number of halogens is 2. The summed E-state index contributed by atoms with van der Waals surface area (Å²) in [6.07, 6.45) is 2.19. The molecule has 1 aliphatic rings. The van der Waals surface area contributed by atoms with Crippen molar-refractivity contribution >= 4 is 28.7 Å². The van der Waals surface area contributed by atoms with E-state index in [1.165, 1.54) is 0 Å². The predicted molar refractivity (Wildman–Crippen MR) is 112 cm³/mol. The smallest absolute Gasteiger partial charge is 0.255 e. The van der Waals surface area contributed by atoms with Gasteiger partial charge in [0.1, 0.15) is 5.69 Å². The number of piperidine rings is 1. The lowest BCUT2D eigenvalue weighted by molar-refractivity contribution is -0.132. The highest BCUT2D eigenvalue weighted by Gasteiger charge is 2.23. The van der Waals surface area contributed by atoms with Crippen molar-refractivity contribution in [2.45, 2.75) is 25.3 Å². The molecule has 0 radical (unpaired) electrons. The van der Waals surface area contributed by atoms with Gasteiger partial charge in [0, 0.05) is 37.8 Å². The summed E-state index contributed by atoms with van der Waals surface area (Å²) >= 11 is 0. The third kappa shape index (κ3) is 4.44. The zero-order valence-electron chi connectivity index (χ0n) is 16.8. The van der Waals surface area contributed by atoms with Gasteiger partial charge in [0.25, 0.3) is 6.43 Å². The number of nitrogens with zero attached hydrogens (tertiary/aromatic N) is 5. The number of alkyl halides is 2. The van der Waals surface area contributed by atoms with Crippen LogP contribution in [-0.4, -0.2) is 58.0 Å². The first-order valence-corrected chi connectivity index (χ1v) is 9.83. The number of amides is 1. The number of benzene rings is 1. The van der Waals surface area contributed by atoms with Crippen LogP contribution in [0.2, 0.25) is 0 Å². The Morgan fingerprint density at radius 3 is 2.94 bits per heavy atom. The van der Waals surface area contributed by atoms with Crippen LogP contribution in [0.5, 0.6) is 0 Å². The summed E-state index contributed by atoms with van der Waals surface area (Å²) in [4.78, 5) is 17.8. The average molecular weight is 428 g/mol. The van der Waals surface area contributed by atoms with E-state index < -0.39 is 13.0 Å². The van der Waals surface area contributed by atoms with Crippen LogP contribution in [0.1, 0.15) is 12.8 Å². The molecular formula is C20H22F2N8O. The van der Waals surface area contributed by atoms with Crippen molar-refractivity contribution in [1.82, 2.24) is 19.5 Å². The molecule has 3 N–H and O–H groups in total. The molecule has 9 nitrogen and oxygen atoms in total. The topological polar surface area (TPSA) is 111 Å². The van der Waals surface area contributed by atoms with Crippen molar-refractivity contribution in [1.29, 1.82) is 5.53 Å². The van der Waals surface area contributed by atoms with E-state index in [1.807, 2.05) is 6.07 Å². The van der Waals surface area contributed by atoms with Gasteiger partial charge in [-0.05, 0) is 30.2 Å². The van der Waals surface area contributed by atoms with Crippen LogP contribution >= 0.6 is 0 Å². The van der Waals surface area contributed by atoms with Gasteiger partial charge in [0.05, 0.1) is 23.9 Å². The minimum Gasteiger partial charge on any atom is -0.377 e. The molecule has 1 atom stereocenters. The Balaban J connectivity index is 1.57. The number of aromatic nitrogens is 3. The second-order valence-electron chi connectivity index (χ2n) is 7.41. The van der Waals surface area contributed by atoms with E-state index in [-0.39, 0.29) is 17.6 Å². The first-order valence-electron chi connectivity index (χ1n) is 9.83. The van der Waals surface area contributed by atoms with Crippen molar-refractivity contribution in [3.63, 3.8) is 0 Å². The van der Waals surface area contributed by atoms with Crippen LogP contribution in [0.3, 0.4) is 0 Å². The van der Waals surface area contributed by atoms with Crippen LogP contribution in [0, 0.1) is 5.53 Å². The summed E-state index contributed by atoms with van der Waals surface area (Å²) in [7, 11) is 1.78. The maximum atomic E-state index is 12.6. The molecule has 1 fully saturated rings. The highest BCUT2D eigenvalue weighted by atomic mass is 19.3. The molecule has 11 heteroatoms. The lowest BCUT2D eigenvalue weighted by Crippen LogP contribution is -2.43. The van der Waals surface area contributed by atoms with Crippen LogP contribution in [0.25, 0.3) is 16.6 Å². The minimum absolute atomic E-state index is 0.0832. The zero-order chi connectivity index (χ0) is 22.0. The highest BCUT2D eigenvalue weighted by molar-refractivity contribution is 5.84. The predicted octanol–water partition coefficient (Wildman–Crippen LogP) is 3.77. The molecule has 1 aromatic carbocycles. The van der Waals surface area contributed by atoms with Gasteiger partial charge in [-0.2, -0.15) is 5.11 Å². The quantitative estimate of drug-likeness (QED) is 0.496. The summed E-state index contributed by atoms with van der Waals surface area (Å²) < 4.78 is 26.9. The molecule has 0 saturated carbocycles. The van der Waals surface area contributed by atoms with Crippen molar-refractivity contribution in [3.05, 3.63) is 36.7 Å². The number of nitrogens with one attached hydrogen (secondary N) is 3. The van der Waals surface area contributed by atoms with E-state index in [0.717, 1.165) is 23.1 Å². The number of likely N-dealkylation sites (N-methyl/N-ethyl adjacent to an activating group) is 1. The molecule has 1 aliphatic heterocycles. The number of hydrogen-bond donors (Lipinski definition) is 3. The molecule has 3 aromatic rings. The zero-order valence-corrected chi connectivity index (χ0v) is 16.8. The van der Waals surface area contributed by atoms with Gasteiger partial charge in [-0.15, -0.1) is 5.10 Å². The first kappa shape index (κ1) is 20.6. The van der Waals surface area contributed by atoms with Gasteiger partial charge in [-0.1, -0.05) is 6.07 Å². The van der Waals surface area contributed by atoms with Crippen LogP contribution in [-0.2, 0) is 4.79 Å². The number of likely N-dealkylation sites (tertiary alicyclic amines) is 1. The molecule has 0 aliphatic carbocycles. The van der Waals surface area contributed by atoms with E-state index in [0.29, 0.717) is 24.6 Å². The number of carbonyl (C=O) groups is 1. The number of rotatable bonds is 7. The monoisotopic (exact) mass is 428 g/mol. The fraction of sp³-hybridized carbons (Fsp3) is 0.350. The molecule has 0 bridgehead atoms. The molecule has 4 rings (SSSR count). The lowest BCUT2D eigenvalue weighted by atomic mass is 10.1. The van der Waals surface area contributed by atoms with E-state index in [9.17, 15) is 13.6 Å². The summed E-state index contributed by atoms with van der Waals surface area (Å²) in [5, 5.41) is 13.8. The summed E-state index contributed by atoms with van der Waals surface area (Å²) in [6, 6.07) is 7.02. The molecule has 3 heterocycles. The number of anilines is 2. The number of carbonyl (C=O) groups excluding carboxylic acids is 1. The van der Waals surface area contributed by atoms with Gasteiger partial charge in [0.15, 0.2) is 0 Å². The van der Waals surface area contributed by atoms with E-state index in [2.05, 4.69) is 25.8 Å². The Morgan fingerprint density at radius 2 is 2.19 bits per heavy atom. The minimum atomic E-state index is -2.51. The Hall–Kier alpha value is -3.63. The second-order valence-corrected chi connectivity index (χ2v) is 7.41. The van der Waals surface area contributed by atoms with Crippen LogP contribution in [0.15, 0.2) is 41.8 Å². The molecule has 1 unspecified atom stereocenters. The van der Waals surface area contributed by atoms with Crippen LogP contribution < -0.4 is 10.6 Å². The number of hydrogen-bond acceptors (Lipinski definition) is 7. The third-order valence-electron chi connectivity index (χ3n) is 5.25. The van der Waals surface area contributed by atoms with Gasteiger partial charge >= 0.3 is 0 Å². The summed E-state index contributed by atoms with van der Waals surface area (Å²) in [5.74, 6) is 0.598. The first-order chi connectivity index (χ1) is 14.9. The Kier molecular flexibility index (Phi) is 5.74. The maximum Gasteiger partial charge on any atom is 0.255 e. The number of fused-ring (bicyclic) bond motifs is 1. The molecule has 162 valence electrons. The van der Waals surface area contributed by atoms with Gasteiger partial charge in [-0.25, -0.2) is 23.8 Å². The Bertz CT molecular complexity index is 1120. The largest absolute Gasteiger partial charge is 0.377 e. The summed E-state index contributed by atoms with van der Waals surface area (Å²) in [6.45, 7) is 0.0710. The lowest BCUT2D eigenvalue weighted by Gasteiger charge is -2.30. The Labute approximate surface area is 177 Å². The summed E-state index contributed by atoms with van der Waals surface area (Å²) in [5.41, 5.74) is 10.2. The van der Waals surface area contributed by atoms with E-state index in [4.69, 9.17) is 5.53 Å². The molecule has 31 heavy (non-hydrogen) atoms. The SMILES string of the molecule is CN1CC(Nc2ncc3c(-c4ccc(N=N)c(NCC(F)F)c4)ccn3n2)CCC1=O. The maximum absolute atomic E-state index is 12.6. The molecule has 1 amide bonds. The fourth-order valence-electron chi connectivity index (χ4n) is 3.65. The molecular weight excluding hydrogens is 406 g/mol. The average Bonchev–Trinajstić information content (AvgIpc) is 3.18. The van der Waals surface area contributed by atoms with Crippen molar-refractivity contribution in [2.75, 3.05) is 30.8 Å². The second kappa shape index (κ2) is 8.62. The van der Waals surface area contributed by atoms with Crippen molar-refractivity contribution < 1.29 is 13.6 Å². The third-order valence-corrected chi connectivity index (χ3v) is 5.25. The van der Waals surface area contributed by atoms with E-state index in [1.54, 1.807) is 47.1 Å². The Morgan fingerprint density at radius 1 is 1.35 bits per heavy atom. The van der Waals surface area contributed by atoms with Gasteiger partial charge < -0.3 is 15.5 Å². The highest BCUT2D eigenvalue weighted by Crippen LogP contribution is 2.33. The molecule has 0 spiro atoms. The van der Waals surface area contributed by atoms with Gasteiger partial charge in [-0.3, -0.25) is 4.79 Å². The molecule has 2 aromatic heterocycles.